The molecule has 0 bridgehead atoms. The molecule has 10 aliphatic rings. The zero-order valence-corrected chi connectivity index (χ0v) is 14.0. The molecule has 0 aromatic heterocycles. The Balaban J connectivity index is 1.14. The van der Waals surface area contributed by atoms with Crippen molar-refractivity contribution in [3.8, 4) is 0 Å². The molecule has 10 saturated heterocycles. The molecule has 5 unspecified atom stereocenters. The van der Waals surface area contributed by atoms with Gasteiger partial charge in [-0.25, -0.2) is 0 Å². The van der Waals surface area contributed by atoms with Gasteiger partial charge in [-0.15, -0.1) is 0 Å². The molecular formula is C19H20FeS. The van der Waals surface area contributed by atoms with Crippen LogP contribution in [0.15, 0.2) is 35.2 Å². The predicted molar refractivity (Wildman–Crippen MR) is 82.8 cm³/mol. The quantitative estimate of drug-likeness (QED) is 0.458. The molecule has 0 aliphatic carbocycles. The van der Waals surface area contributed by atoms with Crippen LogP contribution < -0.4 is 0 Å². The molecule has 1 aromatic carbocycles. The van der Waals surface area contributed by atoms with Crippen LogP contribution in [0.2, 0.25) is 47.7 Å². The van der Waals surface area contributed by atoms with Crippen molar-refractivity contribution < 1.29 is 6.51 Å². The number of rotatable bonds is 4. The number of hydrogen-bond acceptors (Lipinski definition) is 1. The van der Waals surface area contributed by atoms with Crippen LogP contribution in [0, 0.1) is 0 Å². The number of fused-ring (bicyclic) bond motifs is 10. The number of thioether (sulfide) groups is 1. The first-order valence-corrected chi connectivity index (χ1v) is 16.1. The second-order valence-corrected chi connectivity index (χ2v) is 37.5. The molecule has 1 aromatic rings. The molecule has 0 nitrogen and oxygen atoms in total. The van der Waals surface area contributed by atoms with Crippen LogP contribution in [0.3, 0.4) is 0 Å². The second kappa shape index (κ2) is 0.882. The molecule has 0 radical (unpaired) electrons. The molecule has 5 atom stereocenters. The molecule has 0 saturated carbocycles. The van der Waals surface area contributed by atoms with Crippen molar-refractivity contribution in [2.24, 2.45) is 0 Å². The van der Waals surface area contributed by atoms with Crippen molar-refractivity contribution >= 4 is 11.8 Å². The van der Waals surface area contributed by atoms with Gasteiger partial charge in [0.25, 0.3) is 0 Å². The van der Waals surface area contributed by atoms with Gasteiger partial charge in [-0.3, -0.25) is 0 Å². The van der Waals surface area contributed by atoms with Crippen LogP contribution in [-0.2, 0) is 6.51 Å². The van der Waals surface area contributed by atoms with Crippen LogP contribution in [0.25, 0.3) is 0 Å². The monoisotopic (exact) mass is 336 g/mol. The zero-order chi connectivity index (χ0) is 13.1. The first-order chi connectivity index (χ1) is 10.0. The van der Waals surface area contributed by atoms with Crippen molar-refractivity contribution in [2.45, 2.75) is 71.2 Å². The van der Waals surface area contributed by atoms with Gasteiger partial charge in [0.1, 0.15) is 0 Å². The van der Waals surface area contributed by atoms with Crippen LogP contribution in [0.4, 0.5) is 0 Å². The Morgan fingerprint density at radius 3 is 1.95 bits per heavy atom. The summed E-state index contributed by atoms with van der Waals surface area (Å²) < 4.78 is 1.13. The number of hydrogen-bond donors (Lipinski definition) is 0. The maximum atomic E-state index is 2.56. The van der Waals surface area contributed by atoms with E-state index in [0.29, 0.717) is 0 Å². The maximum absolute atomic E-state index is 2.77. The summed E-state index contributed by atoms with van der Waals surface area (Å²) >= 11 is 2.19. The normalized spacial score (nSPS) is 100. The third-order valence-electron chi connectivity index (χ3n) is 16.7. The molecular weight excluding hydrogens is 316 g/mol. The second-order valence-electron chi connectivity index (χ2n) is 12.3. The Hall–Kier alpha value is 0.0895. The van der Waals surface area contributed by atoms with E-state index in [2.05, 4.69) is 49.0 Å². The van der Waals surface area contributed by atoms with Crippen LogP contribution in [0.1, 0.15) is 13.3 Å². The molecule has 11 rings (SSSR count). The molecule has 1 spiro atoms. The Labute approximate surface area is 119 Å². The van der Waals surface area contributed by atoms with Gasteiger partial charge in [-0.2, -0.15) is 0 Å². The van der Waals surface area contributed by atoms with Crippen molar-refractivity contribution in [1.29, 1.82) is 0 Å². The van der Waals surface area contributed by atoms with Gasteiger partial charge in [0.05, 0.1) is 0 Å². The fourth-order valence-corrected chi connectivity index (χ4v) is 94.9. The fraction of sp³-hybridized carbons (Fsp3) is 0.684. The third kappa shape index (κ3) is 0.124. The molecule has 0 N–H and O–H groups in total. The first kappa shape index (κ1) is 8.81. The van der Waals surface area contributed by atoms with Gasteiger partial charge in [0.15, 0.2) is 0 Å². The van der Waals surface area contributed by atoms with Crippen LogP contribution >= 0.6 is 11.8 Å². The van der Waals surface area contributed by atoms with Gasteiger partial charge in [-0.1, -0.05) is 0 Å². The molecule has 0 amide bonds. The van der Waals surface area contributed by atoms with Crippen LogP contribution in [0.5, 0.6) is 0 Å². The number of benzene rings is 1. The summed E-state index contributed by atoms with van der Waals surface area (Å²) in [5.41, 5.74) is 0. The zero-order valence-electron chi connectivity index (χ0n) is 12.1. The molecule has 10 aliphatic heterocycles. The van der Waals surface area contributed by atoms with E-state index in [0.717, 1.165) is 9.56 Å². The van der Waals surface area contributed by atoms with Gasteiger partial charge in [0.2, 0.25) is 0 Å². The Kier molecular flexibility index (Phi) is 0.370. The Bertz CT molecular complexity index is 1100. The summed E-state index contributed by atoms with van der Waals surface area (Å²) in [4.78, 5) is 15.0. The van der Waals surface area contributed by atoms with E-state index >= 15 is 0 Å². The summed E-state index contributed by atoms with van der Waals surface area (Å²) in [5, 5.41) is 0.882. The summed E-state index contributed by atoms with van der Waals surface area (Å²) in [7, 11) is 0. The van der Waals surface area contributed by atoms with E-state index in [4.69, 9.17) is 0 Å². The van der Waals surface area contributed by atoms with E-state index in [9.17, 15) is 0 Å². The van der Waals surface area contributed by atoms with E-state index in [1.54, 1.807) is 6.42 Å². The van der Waals surface area contributed by atoms with Crippen molar-refractivity contribution in [3.05, 3.63) is 30.3 Å². The van der Waals surface area contributed by atoms with Crippen molar-refractivity contribution in [3.63, 3.8) is 0 Å². The first-order valence-electron chi connectivity index (χ1n) is 8.95. The Morgan fingerprint density at radius 2 is 1.52 bits per heavy atom. The van der Waals surface area contributed by atoms with E-state index in [1.165, 1.54) is 48.2 Å². The van der Waals surface area contributed by atoms with Gasteiger partial charge >= 0.3 is 120 Å². The molecule has 21 heavy (non-hydrogen) atoms. The average Bonchev–Trinajstić information content (AvgIpc) is 3.42. The van der Waals surface area contributed by atoms with Crippen molar-refractivity contribution in [1.82, 2.24) is 0 Å². The molecule has 10 heterocycles. The van der Waals surface area contributed by atoms with E-state index in [1.807, 2.05) is 0 Å². The summed E-state index contributed by atoms with van der Waals surface area (Å²) in [5.74, 6) is 0. The third-order valence-corrected chi connectivity index (χ3v) is 60.8. The summed E-state index contributed by atoms with van der Waals surface area (Å²) in [6.45, 7) is -0.212. The SMILES string of the molecule is CC(C[C]12[CH]3[CH]4[CH]5[CH]1[Fe]45321678[CH]2[CH]1[CH]6[CH]7[CH]28)Sc1ccccc1. The molecule has 110 valence electrons. The molecule has 10 fully saturated rings. The van der Waals surface area contributed by atoms with E-state index < -0.39 is 6.51 Å². The van der Waals surface area contributed by atoms with Gasteiger partial charge in [-0.05, 0) is 0 Å². The van der Waals surface area contributed by atoms with Crippen LogP contribution in [-0.4, -0.2) is 5.25 Å². The standard InChI is InChI=1S/C14H15S.C5H5.Fe/c1-12(11-13-7-5-6-8-13)15-14-9-3-2-4-10-14;1-2-4-5-3-1;/h2-10,12H,11H2,1H3;1-5H;. The predicted octanol–water partition coefficient (Wildman–Crippen LogP) is 6.32. The minimum absolute atomic E-state index is 0.882. The van der Waals surface area contributed by atoms with Gasteiger partial charge < -0.3 is 0 Å². The average molecular weight is 336 g/mol. The summed E-state index contributed by atoms with van der Waals surface area (Å²) in [6, 6.07) is 11.2. The summed E-state index contributed by atoms with van der Waals surface area (Å²) in [6.07, 6.45) is 1.67. The van der Waals surface area contributed by atoms with Crippen molar-refractivity contribution in [2.75, 3.05) is 0 Å². The molecule has 2 heteroatoms. The Morgan fingerprint density at radius 1 is 0.952 bits per heavy atom. The minimum atomic E-state index is -2.77. The van der Waals surface area contributed by atoms with E-state index in [-0.39, 0.29) is 0 Å². The fourth-order valence-electron chi connectivity index (χ4n) is 18.4. The van der Waals surface area contributed by atoms with Gasteiger partial charge in [0, 0.05) is 0 Å². The topological polar surface area (TPSA) is 0 Å².